The van der Waals surface area contributed by atoms with Crippen molar-refractivity contribution < 1.29 is 19.7 Å². The van der Waals surface area contributed by atoms with Crippen LogP contribution in [-0.2, 0) is 11.2 Å². The Balaban J connectivity index is 1.61. The number of esters is 1. The zero-order valence-electron chi connectivity index (χ0n) is 18.1. The van der Waals surface area contributed by atoms with E-state index < -0.39 is 0 Å². The summed E-state index contributed by atoms with van der Waals surface area (Å²) < 4.78 is 5.55. The summed E-state index contributed by atoms with van der Waals surface area (Å²) in [4.78, 5) is 12.6. The van der Waals surface area contributed by atoms with E-state index >= 15 is 0 Å². The maximum absolute atomic E-state index is 12.6. The Bertz CT molecular complexity index is 1030. The zero-order chi connectivity index (χ0) is 22.4. The van der Waals surface area contributed by atoms with Gasteiger partial charge < -0.3 is 14.9 Å². The van der Waals surface area contributed by atoms with Gasteiger partial charge in [-0.25, -0.2) is 0 Å². The number of hydrogen-bond acceptors (Lipinski definition) is 4. The minimum absolute atomic E-state index is 0.00518. The second-order valence-electron chi connectivity index (χ2n) is 8.17. The van der Waals surface area contributed by atoms with E-state index in [0.717, 1.165) is 17.5 Å². The summed E-state index contributed by atoms with van der Waals surface area (Å²) in [6.07, 6.45) is 4.65. The Morgan fingerprint density at radius 2 is 1.42 bits per heavy atom. The fourth-order valence-electron chi connectivity index (χ4n) is 3.31. The molecule has 1 atom stereocenters. The summed E-state index contributed by atoms with van der Waals surface area (Å²) in [6, 6.07) is 19.7. The Kier molecular flexibility index (Phi) is 7.14. The molecule has 4 heteroatoms. The molecule has 0 aliphatic rings. The number of ether oxygens (including phenoxy) is 1. The van der Waals surface area contributed by atoms with Gasteiger partial charge in [-0.2, -0.15) is 0 Å². The lowest BCUT2D eigenvalue weighted by atomic mass is 9.97. The van der Waals surface area contributed by atoms with Crippen LogP contribution in [0.2, 0.25) is 0 Å². The molecule has 2 N–H and O–H groups in total. The molecule has 3 rings (SSSR count). The molecule has 0 saturated carbocycles. The van der Waals surface area contributed by atoms with E-state index in [4.69, 9.17) is 4.74 Å². The van der Waals surface area contributed by atoms with Gasteiger partial charge in [-0.15, -0.1) is 0 Å². The van der Waals surface area contributed by atoms with Gasteiger partial charge in [0.15, 0.2) is 0 Å². The maximum Gasteiger partial charge on any atom is 0.318 e. The Morgan fingerprint density at radius 3 is 2.00 bits per heavy atom. The predicted molar refractivity (Wildman–Crippen MR) is 124 cm³/mol. The molecule has 0 spiro atoms. The molecule has 0 fully saturated rings. The van der Waals surface area contributed by atoms with Crippen molar-refractivity contribution in [3.63, 3.8) is 0 Å². The van der Waals surface area contributed by atoms with Gasteiger partial charge in [-0.05, 0) is 65.8 Å². The predicted octanol–water partition coefficient (Wildman–Crippen LogP) is 6.18. The highest BCUT2D eigenvalue weighted by atomic mass is 16.5. The highest BCUT2D eigenvalue weighted by molar-refractivity contribution is 5.80. The quantitative estimate of drug-likeness (QED) is 0.274. The van der Waals surface area contributed by atoms with Crippen molar-refractivity contribution in [3.8, 4) is 17.2 Å². The van der Waals surface area contributed by atoms with E-state index in [0.29, 0.717) is 17.2 Å². The molecule has 0 unspecified atom stereocenters. The number of carbonyl (C=O) groups excluding carboxylic acids is 1. The average molecular weight is 417 g/mol. The lowest BCUT2D eigenvalue weighted by molar-refractivity contribution is -0.135. The Hall–Kier alpha value is -3.53. The van der Waals surface area contributed by atoms with Crippen LogP contribution in [0, 0.1) is 5.92 Å². The molecule has 0 heterocycles. The number of aromatic hydroxyl groups is 2. The summed E-state index contributed by atoms with van der Waals surface area (Å²) >= 11 is 0. The van der Waals surface area contributed by atoms with Crippen molar-refractivity contribution in [3.05, 3.63) is 89.0 Å². The molecule has 0 bridgehead atoms. The molecule has 0 aliphatic carbocycles. The van der Waals surface area contributed by atoms with E-state index in [9.17, 15) is 15.0 Å². The Labute approximate surface area is 183 Å². The molecule has 4 nitrogen and oxygen atoms in total. The molecule has 0 amide bonds. The summed E-state index contributed by atoms with van der Waals surface area (Å²) in [6.45, 7) is 6.22. The first kappa shape index (κ1) is 22.2. The van der Waals surface area contributed by atoms with Crippen LogP contribution in [-0.4, -0.2) is 16.2 Å². The molecule has 31 heavy (non-hydrogen) atoms. The van der Waals surface area contributed by atoms with Crippen molar-refractivity contribution in [1.82, 2.24) is 0 Å². The molecule has 0 radical (unpaired) electrons. The van der Waals surface area contributed by atoms with Crippen molar-refractivity contribution >= 4 is 18.1 Å². The van der Waals surface area contributed by atoms with Crippen molar-refractivity contribution in [2.45, 2.75) is 33.1 Å². The largest absolute Gasteiger partial charge is 0.508 e. The number of carbonyl (C=O) groups is 1. The van der Waals surface area contributed by atoms with Gasteiger partial charge in [0.1, 0.15) is 17.2 Å². The van der Waals surface area contributed by atoms with Gasteiger partial charge in [0.25, 0.3) is 0 Å². The third kappa shape index (κ3) is 6.48. The van der Waals surface area contributed by atoms with Crippen LogP contribution < -0.4 is 4.74 Å². The molecule has 0 aliphatic heterocycles. The van der Waals surface area contributed by atoms with Crippen LogP contribution in [0.1, 0.15) is 48.9 Å². The summed E-state index contributed by atoms with van der Waals surface area (Å²) in [7, 11) is 0. The average Bonchev–Trinajstić information content (AvgIpc) is 2.72. The number of phenolic OH excluding ortho intramolecular Hbond substituents is 2. The highest BCUT2D eigenvalue weighted by Crippen LogP contribution is 2.24. The number of hydrogen-bond donors (Lipinski definition) is 2. The third-order valence-corrected chi connectivity index (χ3v) is 4.97. The number of benzene rings is 3. The first-order valence-electron chi connectivity index (χ1n) is 10.4. The van der Waals surface area contributed by atoms with E-state index in [1.54, 1.807) is 30.3 Å². The van der Waals surface area contributed by atoms with E-state index in [1.807, 2.05) is 37.3 Å². The lowest BCUT2D eigenvalue weighted by Gasteiger charge is -2.13. The third-order valence-electron chi connectivity index (χ3n) is 4.97. The van der Waals surface area contributed by atoms with Crippen LogP contribution in [0.25, 0.3) is 12.2 Å². The van der Waals surface area contributed by atoms with Gasteiger partial charge in [-0.3, -0.25) is 4.79 Å². The summed E-state index contributed by atoms with van der Waals surface area (Å²) in [5, 5.41) is 19.1. The van der Waals surface area contributed by atoms with Crippen LogP contribution in [0.4, 0.5) is 0 Å². The fourth-order valence-corrected chi connectivity index (χ4v) is 3.31. The molecular weight excluding hydrogens is 388 g/mol. The summed E-state index contributed by atoms with van der Waals surface area (Å²) in [5.74, 6) is 0.441. The van der Waals surface area contributed by atoms with E-state index in [2.05, 4.69) is 26.0 Å². The molecule has 0 aromatic heterocycles. The smallest absolute Gasteiger partial charge is 0.318 e. The first-order valence-corrected chi connectivity index (χ1v) is 10.4. The lowest BCUT2D eigenvalue weighted by Crippen LogP contribution is -2.16. The van der Waals surface area contributed by atoms with E-state index in [-0.39, 0.29) is 23.4 Å². The number of phenols is 2. The van der Waals surface area contributed by atoms with Gasteiger partial charge in [-0.1, -0.05) is 62.4 Å². The fraction of sp³-hybridized carbons (Fsp3) is 0.222. The second-order valence-corrected chi connectivity index (χ2v) is 8.17. The standard InChI is InChI=1S/C27H28O4/c1-18(2)14-21-6-10-23(11-7-21)19(3)27(30)31-26-12-8-20(9-13-26)4-5-22-15-24(28)17-25(29)16-22/h4-13,15-19,28-29H,14H2,1-3H3/t19-/m1/s1. The van der Waals surface area contributed by atoms with Crippen LogP contribution in [0.15, 0.2) is 66.7 Å². The normalized spacial score (nSPS) is 12.3. The highest BCUT2D eigenvalue weighted by Gasteiger charge is 2.17. The summed E-state index contributed by atoms with van der Waals surface area (Å²) in [5.41, 5.74) is 3.79. The SMILES string of the molecule is CC(C)Cc1ccc([C@@H](C)C(=O)Oc2ccc(C=Cc3cc(O)cc(O)c3)cc2)cc1. The monoisotopic (exact) mass is 416 g/mol. The molecule has 160 valence electrons. The molecule has 3 aromatic rings. The first-order chi connectivity index (χ1) is 14.8. The maximum atomic E-state index is 12.6. The van der Waals surface area contributed by atoms with Gasteiger partial charge in [0.2, 0.25) is 0 Å². The van der Waals surface area contributed by atoms with Crippen LogP contribution >= 0.6 is 0 Å². The Morgan fingerprint density at radius 1 is 0.839 bits per heavy atom. The zero-order valence-corrected chi connectivity index (χ0v) is 18.1. The minimum Gasteiger partial charge on any atom is -0.508 e. The van der Waals surface area contributed by atoms with Crippen LogP contribution in [0.3, 0.4) is 0 Å². The van der Waals surface area contributed by atoms with Crippen molar-refractivity contribution in [1.29, 1.82) is 0 Å². The van der Waals surface area contributed by atoms with Gasteiger partial charge >= 0.3 is 5.97 Å². The van der Waals surface area contributed by atoms with Gasteiger partial charge in [0.05, 0.1) is 5.92 Å². The van der Waals surface area contributed by atoms with Crippen LogP contribution in [0.5, 0.6) is 17.2 Å². The van der Waals surface area contributed by atoms with E-state index in [1.165, 1.54) is 11.6 Å². The molecule has 3 aromatic carbocycles. The minimum atomic E-state index is -0.355. The second kappa shape index (κ2) is 9.98. The molecule has 0 saturated heterocycles. The number of rotatable bonds is 7. The van der Waals surface area contributed by atoms with Crippen molar-refractivity contribution in [2.75, 3.05) is 0 Å². The molecular formula is C27H28O4. The van der Waals surface area contributed by atoms with Crippen molar-refractivity contribution in [2.24, 2.45) is 5.92 Å². The van der Waals surface area contributed by atoms with Gasteiger partial charge in [0, 0.05) is 6.07 Å². The topological polar surface area (TPSA) is 66.8 Å².